The Bertz CT molecular complexity index is 822. The van der Waals surface area contributed by atoms with E-state index in [4.69, 9.17) is 9.47 Å². The summed E-state index contributed by atoms with van der Waals surface area (Å²) in [7, 11) is 0. The van der Waals surface area contributed by atoms with Gasteiger partial charge >= 0.3 is 0 Å². The minimum absolute atomic E-state index is 0.0910. The van der Waals surface area contributed by atoms with E-state index in [1.54, 1.807) is 0 Å². The molecule has 0 aromatic carbocycles. The maximum absolute atomic E-state index is 14.6. The van der Waals surface area contributed by atoms with E-state index >= 15 is 0 Å². The summed E-state index contributed by atoms with van der Waals surface area (Å²) >= 11 is 0. The van der Waals surface area contributed by atoms with Crippen molar-refractivity contribution < 1.29 is 13.9 Å². The number of hydrogen-bond acceptors (Lipinski definition) is 5. The van der Waals surface area contributed by atoms with Crippen molar-refractivity contribution >= 4 is 0 Å². The minimum atomic E-state index is -0.324. The van der Waals surface area contributed by atoms with Gasteiger partial charge in [-0.1, -0.05) is 0 Å². The summed E-state index contributed by atoms with van der Waals surface area (Å²) in [4.78, 5) is 11.2. The molecule has 0 saturated carbocycles. The van der Waals surface area contributed by atoms with Crippen LogP contribution in [0.15, 0.2) is 18.2 Å². The molecule has 2 aromatic rings. The molecule has 1 fully saturated rings. The molecular formula is C21H26FN3O2. The highest BCUT2D eigenvalue weighted by Crippen LogP contribution is 2.35. The second-order valence-electron chi connectivity index (χ2n) is 7.64. The van der Waals surface area contributed by atoms with E-state index in [1.807, 2.05) is 20.8 Å². The first-order chi connectivity index (χ1) is 13.0. The Kier molecular flexibility index (Phi) is 5.00. The quantitative estimate of drug-likeness (QED) is 0.821. The average molecular weight is 371 g/mol. The van der Waals surface area contributed by atoms with Gasteiger partial charge in [-0.2, -0.15) is 0 Å². The Morgan fingerprint density at radius 2 is 1.89 bits per heavy atom. The van der Waals surface area contributed by atoms with Crippen LogP contribution in [-0.4, -0.2) is 41.2 Å². The van der Waals surface area contributed by atoms with Crippen LogP contribution in [0.4, 0.5) is 4.39 Å². The molecule has 2 aliphatic rings. The predicted octanol–water partition coefficient (Wildman–Crippen LogP) is 3.63. The Labute approximate surface area is 159 Å². The zero-order chi connectivity index (χ0) is 19.0. The van der Waals surface area contributed by atoms with Crippen LogP contribution in [-0.2, 0) is 6.42 Å². The predicted molar refractivity (Wildman–Crippen MR) is 101 cm³/mol. The number of aryl methyl sites for hydroxylation is 2. The van der Waals surface area contributed by atoms with Gasteiger partial charge in [0, 0.05) is 24.0 Å². The highest BCUT2D eigenvalue weighted by Gasteiger charge is 2.30. The van der Waals surface area contributed by atoms with Crippen molar-refractivity contribution in [1.29, 1.82) is 0 Å². The molecule has 0 aliphatic carbocycles. The Morgan fingerprint density at radius 1 is 1.15 bits per heavy atom. The van der Waals surface area contributed by atoms with Crippen LogP contribution in [0.25, 0.3) is 0 Å². The van der Waals surface area contributed by atoms with Gasteiger partial charge in [0.25, 0.3) is 5.88 Å². The Hall–Kier alpha value is -2.21. The summed E-state index contributed by atoms with van der Waals surface area (Å²) < 4.78 is 25.5. The van der Waals surface area contributed by atoms with Crippen LogP contribution >= 0.6 is 0 Å². The SMILES string of the molecule is Cc1cc(C[C@@H]2CCN([C@@H](C)c3nc4c(cc3F)OCCO4)C2)cc(C)n1. The molecule has 0 N–H and O–H groups in total. The van der Waals surface area contributed by atoms with E-state index in [0.717, 1.165) is 37.3 Å². The van der Waals surface area contributed by atoms with Gasteiger partial charge in [0.2, 0.25) is 0 Å². The van der Waals surface area contributed by atoms with Gasteiger partial charge in [0.1, 0.15) is 19.0 Å². The minimum Gasteiger partial charge on any atom is -0.484 e. The van der Waals surface area contributed by atoms with Gasteiger partial charge in [0.05, 0.1) is 11.7 Å². The number of likely N-dealkylation sites (tertiary alicyclic amines) is 1. The number of fused-ring (bicyclic) bond motifs is 1. The molecule has 2 atom stereocenters. The molecule has 144 valence electrons. The number of ether oxygens (including phenoxy) is 2. The lowest BCUT2D eigenvalue weighted by molar-refractivity contribution is 0.160. The van der Waals surface area contributed by atoms with E-state index in [2.05, 4.69) is 27.0 Å². The third kappa shape index (κ3) is 3.90. The number of pyridine rings is 2. The van der Waals surface area contributed by atoms with Crippen LogP contribution in [0.2, 0.25) is 0 Å². The van der Waals surface area contributed by atoms with Crippen molar-refractivity contribution in [3.05, 3.63) is 46.7 Å². The van der Waals surface area contributed by atoms with Gasteiger partial charge in [-0.25, -0.2) is 9.37 Å². The molecule has 4 rings (SSSR count). The van der Waals surface area contributed by atoms with Gasteiger partial charge in [-0.3, -0.25) is 9.88 Å². The molecule has 27 heavy (non-hydrogen) atoms. The first-order valence-corrected chi connectivity index (χ1v) is 9.64. The molecule has 2 aliphatic heterocycles. The lowest BCUT2D eigenvalue weighted by Gasteiger charge is -2.26. The van der Waals surface area contributed by atoms with Crippen LogP contribution < -0.4 is 9.47 Å². The van der Waals surface area contributed by atoms with Crippen molar-refractivity contribution in [2.45, 2.75) is 39.7 Å². The first-order valence-electron chi connectivity index (χ1n) is 9.64. The van der Waals surface area contributed by atoms with Crippen molar-refractivity contribution in [2.75, 3.05) is 26.3 Å². The third-order valence-electron chi connectivity index (χ3n) is 5.44. The highest BCUT2D eigenvalue weighted by molar-refractivity contribution is 5.37. The van der Waals surface area contributed by atoms with Gasteiger partial charge in [0.15, 0.2) is 5.75 Å². The summed E-state index contributed by atoms with van der Waals surface area (Å²) in [6.45, 7) is 8.87. The number of halogens is 1. The molecule has 0 amide bonds. The van der Waals surface area contributed by atoms with Crippen LogP contribution in [0, 0.1) is 25.6 Å². The van der Waals surface area contributed by atoms with Crippen LogP contribution in [0.3, 0.4) is 0 Å². The van der Waals surface area contributed by atoms with E-state index in [1.165, 1.54) is 11.6 Å². The van der Waals surface area contributed by atoms with Gasteiger partial charge in [-0.05, 0) is 63.8 Å². The molecule has 1 saturated heterocycles. The molecule has 0 bridgehead atoms. The third-order valence-corrected chi connectivity index (χ3v) is 5.44. The second kappa shape index (κ2) is 7.43. The standard InChI is InChI=1S/C21H26FN3O2/c1-13-8-17(9-14(2)23-13)10-16-4-5-25(12-16)15(3)20-18(22)11-19-21(24-20)27-7-6-26-19/h8-9,11,15-16H,4-7,10,12H2,1-3H3/t15-,16-/m0/s1. The molecule has 5 nitrogen and oxygen atoms in total. The topological polar surface area (TPSA) is 47.5 Å². The van der Waals surface area contributed by atoms with Crippen molar-refractivity contribution in [1.82, 2.24) is 14.9 Å². The van der Waals surface area contributed by atoms with E-state index in [-0.39, 0.29) is 11.9 Å². The number of aromatic nitrogens is 2. The van der Waals surface area contributed by atoms with E-state index in [0.29, 0.717) is 36.5 Å². The lowest BCUT2D eigenvalue weighted by Crippen LogP contribution is -2.27. The maximum atomic E-state index is 14.6. The zero-order valence-corrected chi connectivity index (χ0v) is 16.2. The summed E-state index contributed by atoms with van der Waals surface area (Å²) in [6.07, 6.45) is 2.14. The molecule has 0 radical (unpaired) electrons. The average Bonchev–Trinajstić information content (AvgIpc) is 3.08. The number of hydrogen-bond donors (Lipinski definition) is 0. The normalized spacial score (nSPS) is 20.7. The zero-order valence-electron chi connectivity index (χ0n) is 16.2. The van der Waals surface area contributed by atoms with Crippen LogP contribution in [0.1, 0.15) is 42.0 Å². The summed E-state index contributed by atoms with van der Waals surface area (Å²) in [5.74, 6) is 1.05. The number of rotatable bonds is 4. The summed E-state index contributed by atoms with van der Waals surface area (Å²) in [5.41, 5.74) is 3.91. The fraction of sp³-hybridized carbons (Fsp3) is 0.524. The molecule has 0 spiro atoms. The van der Waals surface area contributed by atoms with E-state index in [9.17, 15) is 4.39 Å². The van der Waals surface area contributed by atoms with Crippen molar-refractivity contribution in [3.8, 4) is 11.6 Å². The maximum Gasteiger partial charge on any atom is 0.257 e. The molecule has 0 unspecified atom stereocenters. The molecule has 4 heterocycles. The molecule has 2 aromatic heterocycles. The summed E-state index contributed by atoms with van der Waals surface area (Å²) in [5, 5.41) is 0. The molecule has 6 heteroatoms. The highest BCUT2D eigenvalue weighted by atomic mass is 19.1. The van der Waals surface area contributed by atoms with Crippen molar-refractivity contribution in [3.63, 3.8) is 0 Å². The smallest absolute Gasteiger partial charge is 0.257 e. The molecular weight excluding hydrogens is 345 g/mol. The van der Waals surface area contributed by atoms with E-state index < -0.39 is 0 Å². The Morgan fingerprint density at radius 3 is 2.67 bits per heavy atom. The summed E-state index contributed by atoms with van der Waals surface area (Å²) in [6, 6.07) is 5.65. The largest absolute Gasteiger partial charge is 0.484 e. The second-order valence-corrected chi connectivity index (χ2v) is 7.64. The monoisotopic (exact) mass is 371 g/mol. The lowest BCUT2D eigenvalue weighted by atomic mass is 9.98. The van der Waals surface area contributed by atoms with Gasteiger partial charge in [-0.15, -0.1) is 0 Å². The number of nitrogens with zero attached hydrogens (tertiary/aromatic N) is 3. The van der Waals surface area contributed by atoms with Gasteiger partial charge < -0.3 is 9.47 Å². The Balaban J connectivity index is 1.45. The van der Waals surface area contributed by atoms with Crippen molar-refractivity contribution in [2.24, 2.45) is 5.92 Å². The van der Waals surface area contributed by atoms with Crippen LogP contribution in [0.5, 0.6) is 11.6 Å². The fourth-order valence-corrected chi connectivity index (χ4v) is 4.18. The first kappa shape index (κ1) is 18.2. The fourth-order valence-electron chi connectivity index (χ4n) is 4.18.